The molecule has 2 N–H and O–H groups in total. The first-order valence-corrected chi connectivity index (χ1v) is 7.03. The summed E-state index contributed by atoms with van der Waals surface area (Å²) in [6.07, 6.45) is 3.03. The summed E-state index contributed by atoms with van der Waals surface area (Å²) in [6, 6.07) is 16.7. The normalized spacial score (nSPS) is 10.3. The van der Waals surface area contributed by atoms with Crippen molar-refractivity contribution in [1.82, 2.24) is 5.32 Å². The summed E-state index contributed by atoms with van der Waals surface area (Å²) in [7, 11) is 0. The first kappa shape index (κ1) is 15.2. The Morgan fingerprint density at radius 2 is 1.71 bits per heavy atom. The molecule has 0 saturated heterocycles. The van der Waals surface area contributed by atoms with Crippen LogP contribution >= 0.6 is 23.8 Å². The largest absolute Gasteiger partial charge is 0.332 e. The van der Waals surface area contributed by atoms with Crippen molar-refractivity contribution in [2.24, 2.45) is 0 Å². The van der Waals surface area contributed by atoms with Crippen molar-refractivity contribution >= 4 is 46.6 Å². The average molecular weight is 317 g/mol. The predicted octanol–water partition coefficient (Wildman–Crippen LogP) is 3.87. The molecule has 0 atom stereocenters. The Bertz CT molecular complexity index is 671. The number of anilines is 1. The Hall–Kier alpha value is -2.17. The molecule has 0 aliphatic heterocycles. The number of amides is 1. The summed E-state index contributed by atoms with van der Waals surface area (Å²) in [5, 5.41) is 6.33. The minimum atomic E-state index is -0.316. The molecule has 0 fully saturated rings. The lowest BCUT2D eigenvalue weighted by Crippen LogP contribution is -2.32. The lowest BCUT2D eigenvalue weighted by Gasteiger charge is -2.07. The number of hydrogen-bond donors (Lipinski definition) is 2. The SMILES string of the molecule is O=C(C=Cc1ccccc1Cl)NC(=S)Nc1ccccc1. The number of thiocarbonyl (C=S) groups is 1. The van der Waals surface area contributed by atoms with Gasteiger partial charge in [-0.1, -0.05) is 48.0 Å². The highest BCUT2D eigenvalue weighted by Crippen LogP contribution is 2.16. The van der Waals surface area contributed by atoms with Crippen molar-refractivity contribution < 1.29 is 4.79 Å². The highest BCUT2D eigenvalue weighted by atomic mass is 35.5. The van der Waals surface area contributed by atoms with Gasteiger partial charge in [-0.2, -0.15) is 0 Å². The number of carbonyl (C=O) groups excluding carboxylic acids is 1. The summed E-state index contributed by atoms with van der Waals surface area (Å²) < 4.78 is 0. The van der Waals surface area contributed by atoms with E-state index in [9.17, 15) is 4.79 Å². The molecule has 2 rings (SSSR count). The molecule has 106 valence electrons. The van der Waals surface area contributed by atoms with E-state index in [1.165, 1.54) is 6.08 Å². The van der Waals surface area contributed by atoms with Crippen molar-refractivity contribution in [3.05, 3.63) is 71.3 Å². The third-order valence-corrected chi connectivity index (χ3v) is 3.14. The van der Waals surface area contributed by atoms with Crippen LogP contribution in [0.2, 0.25) is 5.02 Å². The van der Waals surface area contributed by atoms with Crippen LogP contribution < -0.4 is 10.6 Å². The lowest BCUT2D eigenvalue weighted by molar-refractivity contribution is -0.115. The monoisotopic (exact) mass is 316 g/mol. The van der Waals surface area contributed by atoms with Gasteiger partial charge in [0.05, 0.1) is 0 Å². The quantitative estimate of drug-likeness (QED) is 0.667. The van der Waals surface area contributed by atoms with E-state index in [0.717, 1.165) is 11.3 Å². The van der Waals surface area contributed by atoms with Crippen molar-refractivity contribution in [3.63, 3.8) is 0 Å². The number of rotatable bonds is 3. The maximum atomic E-state index is 11.8. The van der Waals surface area contributed by atoms with Gasteiger partial charge in [0.1, 0.15) is 0 Å². The summed E-state index contributed by atoms with van der Waals surface area (Å²) in [4.78, 5) is 11.8. The molecule has 2 aromatic carbocycles. The van der Waals surface area contributed by atoms with E-state index in [0.29, 0.717) is 5.02 Å². The molecule has 2 aromatic rings. The minimum Gasteiger partial charge on any atom is -0.332 e. The van der Waals surface area contributed by atoms with Crippen LogP contribution in [0.25, 0.3) is 6.08 Å². The van der Waals surface area contributed by atoms with E-state index in [-0.39, 0.29) is 11.0 Å². The van der Waals surface area contributed by atoms with Gasteiger partial charge in [-0.05, 0) is 42.1 Å². The second kappa shape index (κ2) is 7.57. The van der Waals surface area contributed by atoms with Crippen LogP contribution in [-0.2, 0) is 4.79 Å². The molecule has 0 bridgehead atoms. The maximum Gasteiger partial charge on any atom is 0.250 e. The van der Waals surface area contributed by atoms with E-state index >= 15 is 0 Å². The topological polar surface area (TPSA) is 41.1 Å². The van der Waals surface area contributed by atoms with Gasteiger partial charge in [0, 0.05) is 16.8 Å². The standard InChI is InChI=1S/C16H13ClN2OS/c17-14-9-5-4-6-12(14)10-11-15(20)19-16(21)18-13-7-2-1-3-8-13/h1-11H,(H2,18,19,20,21). The number of nitrogens with one attached hydrogen (secondary N) is 2. The molecule has 5 heteroatoms. The lowest BCUT2D eigenvalue weighted by atomic mass is 10.2. The van der Waals surface area contributed by atoms with Crippen LogP contribution in [0.15, 0.2) is 60.7 Å². The third-order valence-electron chi connectivity index (χ3n) is 2.59. The number of hydrogen-bond acceptors (Lipinski definition) is 2. The summed E-state index contributed by atoms with van der Waals surface area (Å²) >= 11 is 11.1. The van der Waals surface area contributed by atoms with Gasteiger partial charge in [-0.25, -0.2) is 0 Å². The highest BCUT2D eigenvalue weighted by Gasteiger charge is 2.01. The fourth-order valence-corrected chi connectivity index (χ4v) is 2.03. The molecule has 0 aromatic heterocycles. The molecule has 1 amide bonds. The Morgan fingerprint density at radius 1 is 1.05 bits per heavy atom. The van der Waals surface area contributed by atoms with Crippen molar-refractivity contribution in [2.45, 2.75) is 0 Å². The van der Waals surface area contributed by atoms with Gasteiger partial charge in [-0.15, -0.1) is 0 Å². The summed E-state index contributed by atoms with van der Waals surface area (Å²) in [6.45, 7) is 0. The zero-order chi connectivity index (χ0) is 15.1. The van der Waals surface area contributed by atoms with Gasteiger partial charge >= 0.3 is 0 Å². The molecule has 0 aliphatic rings. The molecule has 0 saturated carbocycles. The van der Waals surface area contributed by atoms with Crippen LogP contribution in [0, 0.1) is 0 Å². The summed E-state index contributed by atoms with van der Waals surface area (Å²) in [5.74, 6) is -0.316. The van der Waals surface area contributed by atoms with Gasteiger partial charge in [0.15, 0.2) is 5.11 Å². The molecule has 0 aliphatic carbocycles. The van der Waals surface area contributed by atoms with Gasteiger partial charge in [0.2, 0.25) is 5.91 Å². The first-order valence-electron chi connectivity index (χ1n) is 6.25. The minimum absolute atomic E-state index is 0.245. The maximum absolute atomic E-state index is 11.8. The van der Waals surface area contributed by atoms with Gasteiger partial charge in [-0.3, -0.25) is 10.1 Å². The van der Waals surface area contributed by atoms with Crippen molar-refractivity contribution in [3.8, 4) is 0 Å². The zero-order valence-electron chi connectivity index (χ0n) is 11.0. The Kier molecular flexibility index (Phi) is 5.49. The van der Waals surface area contributed by atoms with Crippen LogP contribution in [0.1, 0.15) is 5.56 Å². The number of halogens is 1. The molecule has 0 spiro atoms. The van der Waals surface area contributed by atoms with E-state index in [2.05, 4.69) is 10.6 Å². The van der Waals surface area contributed by atoms with Crippen LogP contribution in [0.5, 0.6) is 0 Å². The Balaban J connectivity index is 1.90. The van der Waals surface area contributed by atoms with Crippen LogP contribution in [-0.4, -0.2) is 11.0 Å². The van der Waals surface area contributed by atoms with E-state index in [4.69, 9.17) is 23.8 Å². The Morgan fingerprint density at radius 3 is 2.43 bits per heavy atom. The van der Waals surface area contributed by atoms with E-state index < -0.39 is 0 Å². The van der Waals surface area contributed by atoms with Gasteiger partial charge < -0.3 is 5.32 Å². The molecule has 0 heterocycles. The predicted molar refractivity (Wildman–Crippen MR) is 91.3 cm³/mol. The fourth-order valence-electron chi connectivity index (χ4n) is 1.61. The third kappa shape index (κ3) is 5.02. The molecule has 3 nitrogen and oxygen atoms in total. The van der Waals surface area contributed by atoms with E-state index in [1.54, 1.807) is 12.1 Å². The van der Waals surface area contributed by atoms with Crippen LogP contribution in [0.4, 0.5) is 5.69 Å². The molecular formula is C16H13ClN2OS. The second-order valence-corrected chi connectivity index (χ2v) is 4.98. The number of benzene rings is 2. The molecule has 21 heavy (non-hydrogen) atoms. The number of carbonyl (C=O) groups is 1. The first-order chi connectivity index (χ1) is 10.1. The van der Waals surface area contributed by atoms with Gasteiger partial charge in [0.25, 0.3) is 0 Å². The van der Waals surface area contributed by atoms with Crippen LogP contribution in [0.3, 0.4) is 0 Å². The van der Waals surface area contributed by atoms with Crippen molar-refractivity contribution in [1.29, 1.82) is 0 Å². The smallest absolute Gasteiger partial charge is 0.250 e. The van der Waals surface area contributed by atoms with Crippen molar-refractivity contribution in [2.75, 3.05) is 5.32 Å². The average Bonchev–Trinajstić information content (AvgIpc) is 2.47. The molecular weight excluding hydrogens is 304 g/mol. The molecule has 0 radical (unpaired) electrons. The Labute approximate surface area is 133 Å². The molecule has 0 unspecified atom stereocenters. The van der Waals surface area contributed by atoms with E-state index in [1.807, 2.05) is 48.5 Å². The zero-order valence-corrected chi connectivity index (χ0v) is 12.6. The summed E-state index contributed by atoms with van der Waals surface area (Å²) in [5.41, 5.74) is 1.59. The second-order valence-electron chi connectivity index (χ2n) is 4.16. The fraction of sp³-hybridized carbons (Fsp3) is 0. The number of para-hydroxylation sites is 1. The highest BCUT2D eigenvalue weighted by molar-refractivity contribution is 7.80.